The predicted molar refractivity (Wildman–Crippen MR) is 121 cm³/mol. The number of aryl methyl sites for hydroxylation is 4. The topological polar surface area (TPSA) is 38.3 Å². The molecule has 0 fully saturated rings. The third-order valence-corrected chi connectivity index (χ3v) is 5.86. The van der Waals surface area contributed by atoms with Crippen molar-refractivity contribution in [3.8, 4) is 5.75 Å². The summed E-state index contributed by atoms with van der Waals surface area (Å²) in [5.74, 6) is 0.648. The fourth-order valence-electron chi connectivity index (χ4n) is 4.29. The van der Waals surface area contributed by atoms with E-state index in [0.717, 1.165) is 29.7 Å². The van der Waals surface area contributed by atoms with Crippen LogP contribution in [-0.4, -0.2) is 12.5 Å². The Bertz CT molecular complexity index is 1030. The summed E-state index contributed by atoms with van der Waals surface area (Å²) in [4.78, 5) is 12.8. The molecule has 0 unspecified atom stereocenters. The summed E-state index contributed by atoms with van der Waals surface area (Å²) in [5.41, 5.74) is 7.32. The third kappa shape index (κ3) is 4.73. The summed E-state index contributed by atoms with van der Waals surface area (Å²) in [6, 6.07) is 22.5. The Hall–Kier alpha value is -3.07. The van der Waals surface area contributed by atoms with Gasteiger partial charge in [-0.25, -0.2) is 0 Å². The molecule has 0 aromatic heterocycles. The molecule has 3 aromatic carbocycles. The number of carbonyl (C=O) groups excluding carboxylic acids is 1. The fourth-order valence-corrected chi connectivity index (χ4v) is 4.29. The summed E-state index contributed by atoms with van der Waals surface area (Å²) in [7, 11) is 0. The van der Waals surface area contributed by atoms with E-state index in [-0.39, 0.29) is 18.6 Å². The number of hydrogen-bond acceptors (Lipinski definition) is 2. The van der Waals surface area contributed by atoms with Crippen LogP contribution in [0, 0.1) is 13.8 Å². The van der Waals surface area contributed by atoms with Crippen LogP contribution in [0.25, 0.3) is 0 Å². The third-order valence-electron chi connectivity index (χ3n) is 5.86. The molecule has 1 N–H and O–H groups in total. The second-order valence-electron chi connectivity index (χ2n) is 8.20. The van der Waals surface area contributed by atoms with Crippen LogP contribution in [0.5, 0.6) is 5.75 Å². The zero-order valence-corrected chi connectivity index (χ0v) is 17.8. The Kier molecular flexibility index (Phi) is 6.18. The first-order valence-corrected chi connectivity index (χ1v) is 10.8. The van der Waals surface area contributed by atoms with Gasteiger partial charge in [0.2, 0.25) is 0 Å². The molecule has 0 radical (unpaired) electrons. The van der Waals surface area contributed by atoms with E-state index in [1.165, 1.54) is 35.1 Å². The molecule has 4 rings (SSSR count). The van der Waals surface area contributed by atoms with Crippen molar-refractivity contribution in [1.82, 2.24) is 5.32 Å². The van der Waals surface area contributed by atoms with Crippen LogP contribution in [-0.2, 0) is 17.6 Å². The van der Waals surface area contributed by atoms with Gasteiger partial charge in [0, 0.05) is 0 Å². The number of benzene rings is 3. The Balaban J connectivity index is 1.48. The minimum Gasteiger partial charge on any atom is -0.484 e. The van der Waals surface area contributed by atoms with Gasteiger partial charge in [0.1, 0.15) is 5.75 Å². The molecule has 0 heterocycles. The van der Waals surface area contributed by atoms with E-state index in [9.17, 15) is 4.79 Å². The molecule has 1 amide bonds. The number of nitrogens with one attached hydrogen (secondary N) is 1. The summed E-state index contributed by atoms with van der Waals surface area (Å²) >= 11 is 0. The maximum Gasteiger partial charge on any atom is 0.258 e. The van der Waals surface area contributed by atoms with E-state index in [2.05, 4.69) is 61.6 Å². The largest absolute Gasteiger partial charge is 0.484 e. The van der Waals surface area contributed by atoms with E-state index in [0.29, 0.717) is 0 Å². The van der Waals surface area contributed by atoms with Crippen molar-refractivity contribution in [2.45, 2.75) is 45.6 Å². The molecule has 0 saturated heterocycles. The van der Waals surface area contributed by atoms with E-state index >= 15 is 0 Å². The van der Waals surface area contributed by atoms with Gasteiger partial charge in [0.05, 0.1) is 6.04 Å². The van der Waals surface area contributed by atoms with Crippen molar-refractivity contribution in [2.75, 3.05) is 6.61 Å². The highest BCUT2D eigenvalue weighted by atomic mass is 16.5. The number of ether oxygens (including phenoxy) is 1. The highest BCUT2D eigenvalue weighted by molar-refractivity contribution is 5.78. The average Bonchev–Trinajstić information content (AvgIpc) is 2.77. The summed E-state index contributed by atoms with van der Waals surface area (Å²) in [6.45, 7) is 4.18. The lowest BCUT2D eigenvalue weighted by Gasteiger charge is -2.22. The van der Waals surface area contributed by atoms with Crippen LogP contribution in [0.3, 0.4) is 0 Å². The van der Waals surface area contributed by atoms with Crippen LogP contribution in [0.4, 0.5) is 0 Å². The SMILES string of the molecule is Cc1ccc([C@@H](NC(=O)COc2ccc3c(c2)CCCC3)c2ccccc2)c(C)c1. The average molecular weight is 400 g/mol. The molecule has 3 nitrogen and oxygen atoms in total. The van der Waals surface area contributed by atoms with Gasteiger partial charge >= 0.3 is 0 Å². The first kappa shape index (κ1) is 20.2. The Morgan fingerprint density at radius 1 is 0.933 bits per heavy atom. The molecular formula is C27H29NO2. The highest BCUT2D eigenvalue weighted by Gasteiger charge is 2.19. The molecule has 3 aromatic rings. The van der Waals surface area contributed by atoms with Gasteiger partial charge in [-0.2, -0.15) is 0 Å². The van der Waals surface area contributed by atoms with Crippen molar-refractivity contribution >= 4 is 5.91 Å². The van der Waals surface area contributed by atoms with Crippen molar-refractivity contribution in [2.24, 2.45) is 0 Å². The van der Waals surface area contributed by atoms with Crippen molar-refractivity contribution < 1.29 is 9.53 Å². The van der Waals surface area contributed by atoms with E-state index in [1.807, 2.05) is 24.3 Å². The molecule has 0 saturated carbocycles. The fraction of sp³-hybridized carbons (Fsp3) is 0.296. The zero-order valence-electron chi connectivity index (χ0n) is 17.8. The normalized spacial score (nSPS) is 13.9. The minimum atomic E-state index is -0.202. The molecule has 0 aliphatic heterocycles. The lowest BCUT2D eigenvalue weighted by molar-refractivity contribution is -0.123. The second-order valence-corrected chi connectivity index (χ2v) is 8.20. The molecule has 1 atom stereocenters. The summed E-state index contributed by atoms with van der Waals surface area (Å²) in [6.07, 6.45) is 4.73. The standard InChI is InChI=1S/C27H29NO2/c1-19-12-15-25(20(2)16-19)27(22-9-4-3-5-10-22)28-26(29)18-30-24-14-13-21-8-6-7-11-23(21)17-24/h3-5,9-10,12-17,27H,6-8,11,18H2,1-2H3,(H,28,29)/t27-/m0/s1. The number of hydrogen-bond donors (Lipinski definition) is 1. The highest BCUT2D eigenvalue weighted by Crippen LogP contribution is 2.27. The van der Waals surface area contributed by atoms with Crippen LogP contribution in [0.15, 0.2) is 66.7 Å². The summed E-state index contributed by atoms with van der Waals surface area (Å²) < 4.78 is 5.84. The monoisotopic (exact) mass is 399 g/mol. The number of amides is 1. The van der Waals surface area contributed by atoms with Crippen molar-refractivity contribution in [3.63, 3.8) is 0 Å². The molecule has 0 bridgehead atoms. The zero-order chi connectivity index (χ0) is 20.9. The van der Waals surface area contributed by atoms with Gasteiger partial charge in [-0.3, -0.25) is 4.79 Å². The number of fused-ring (bicyclic) bond motifs is 1. The first-order valence-electron chi connectivity index (χ1n) is 10.8. The minimum absolute atomic E-state index is 0.00697. The molecule has 1 aliphatic rings. The van der Waals surface area contributed by atoms with Crippen molar-refractivity contribution in [1.29, 1.82) is 0 Å². The van der Waals surface area contributed by atoms with Gasteiger partial charge in [-0.1, -0.05) is 60.2 Å². The molecule has 1 aliphatic carbocycles. The molecule has 3 heteroatoms. The van der Waals surface area contributed by atoms with Crippen LogP contribution in [0.2, 0.25) is 0 Å². The molecule has 0 spiro atoms. The first-order chi connectivity index (χ1) is 14.6. The lowest BCUT2D eigenvalue weighted by Crippen LogP contribution is -2.33. The van der Waals surface area contributed by atoms with Gasteiger partial charge in [-0.05, 0) is 79.5 Å². The summed E-state index contributed by atoms with van der Waals surface area (Å²) in [5, 5.41) is 3.18. The smallest absolute Gasteiger partial charge is 0.258 e. The predicted octanol–water partition coefficient (Wildman–Crippen LogP) is 5.47. The maximum absolute atomic E-state index is 12.8. The molecule has 154 valence electrons. The lowest BCUT2D eigenvalue weighted by atomic mass is 9.92. The molecule has 30 heavy (non-hydrogen) atoms. The van der Waals surface area contributed by atoms with Crippen LogP contribution < -0.4 is 10.1 Å². The van der Waals surface area contributed by atoms with Gasteiger partial charge in [0.25, 0.3) is 5.91 Å². The molecular weight excluding hydrogens is 370 g/mol. The van der Waals surface area contributed by atoms with Crippen LogP contribution in [0.1, 0.15) is 52.3 Å². The maximum atomic E-state index is 12.8. The van der Waals surface area contributed by atoms with E-state index < -0.39 is 0 Å². The van der Waals surface area contributed by atoms with Gasteiger partial charge in [0.15, 0.2) is 6.61 Å². The second kappa shape index (κ2) is 9.17. The van der Waals surface area contributed by atoms with Gasteiger partial charge in [-0.15, -0.1) is 0 Å². The van der Waals surface area contributed by atoms with Crippen LogP contribution >= 0.6 is 0 Å². The number of carbonyl (C=O) groups is 1. The number of rotatable bonds is 6. The van der Waals surface area contributed by atoms with E-state index in [1.54, 1.807) is 0 Å². The van der Waals surface area contributed by atoms with E-state index in [4.69, 9.17) is 4.74 Å². The Morgan fingerprint density at radius 2 is 1.70 bits per heavy atom. The Labute approximate surface area is 179 Å². The van der Waals surface area contributed by atoms with Gasteiger partial charge < -0.3 is 10.1 Å². The quantitative estimate of drug-likeness (QED) is 0.597. The van der Waals surface area contributed by atoms with Crippen molar-refractivity contribution in [3.05, 3.63) is 100 Å². The Morgan fingerprint density at radius 3 is 2.47 bits per heavy atom.